The van der Waals surface area contributed by atoms with Gasteiger partial charge >= 0.3 is 0 Å². The highest BCUT2D eigenvalue weighted by Crippen LogP contribution is 2.52. The zero-order chi connectivity index (χ0) is 15.1. The van der Waals surface area contributed by atoms with Crippen molar-refractivity contribution in [3.63, 3.8) is 0 Å². The largest absolute Gasteiger partial charge is 0.293 e. The van der Waals surface area contributed by atoms with Crippen molar-refractivity contribution in [2.75, 3.05) is 25.6 Å². The van der Waals surface area contributed by atoms with Gasteiger partial charge in [-0.2, -0.15) is 0 Å². The first-order chi connectivity index (χ1) is 9.74. The van der Waals surface area contributed by atoms with Crippen molar-refractivity contribution in [2.24, 2.45) is 0 Å². The SMILES string of the molecule is CCCCCCCCCCS(OCC)(OCC)OCC. The van der Waals surface area contributed by atoms with E-state index in [0.717, 1.165) is 12.2 Å². The molecular weight excluding hydrogens is 272 g/mol. The first-order valence-electron chi connectivity index (χ1n) is 8.48. The van der Waals surface area contributed by atoms with Gasteiger partial charge in [-0.1, -0.05) is 51.9 Å². The van der Waals surface area contributed by atoms with Gasteiger partial charge in [0.1, 0.15) is 0 Å². The van der Waals surface area contributed by atoms with Crippen molar-refractivity contribution < 1.29 is 12.5 Å². The average Bonchev–Trinajstić information content (AvgIpc) is 2.43. The van der Waals surface area contributed by atoms with E-state index in [1.54, 1.807) is 0 Å². The Morgan fingerprint density at radius 1 is 0.550 bits per heavy atom. The van der Waals surface area contributed by atoms with Crippen LogP contribution < -0.4 is 0 Å². The predicted octanol–water partition coefficient (Wildman–Crippen LogP) is 5.79. The third kappa shape index (κ3) is 10.0. The van der Waals surface area contributed by atoms with Crippen LogP contribution in [-0.2, 0) is 12.5 Å². The molecule has 0 bridgehead atoms. The van der Waals surface area contributed by atoms with E-state index in [1.807, 2.05) is 20.8 Å². The van der Waals surface area contributed by atoms with Crippen LogP contribution in [0.4, 0.5) is 0 Å². The molecule has 3 nitrogen and oxygen atoms in total. The number of hydrogen-bond acceptors (Lipinski definition) is 3. The van der Waals surface area contributed by atoms with E-state index in [1.165, 1.54) is 44.9 Å². The molecule has 0 amide bonds. The van der Waals surface area contributed by atoms with E-state index < -0.39 is 10.9 Å². The van der Waals surface area contributed by atoms with E-state index in [0.29, 0.717) is 19.8 Å². The van der Waals surface area contributed by atoms with Gasteiger partial charge in [-0.05, 0) is 27.2 Å². The quantitative estimate of drug-likeness (QED) is 0.359. The minimum Gasteiger partial charge on any atom is -0.293 e. The Morgan fingerprint density at radius 3 is 1.35 bits per heavy atom. The standard InChI is InChI=1S/C16H36O3S/c1-5-9-10-11-12-13-14-15-16-20(17-6-2,18-7-3)19-8-4/h5-16H2,1-4H3. The Balaban J connectivity index is 3.82. The Kier molecular flexibility index (Phi) is 14.3. The summed E-state index contributed by atoms with van der Waals surface area (Å²) in [6.07, 6.45) is 10.6. The smallest absolute Gasteiger partial charge is 0.0887 e. The summed E-state index contributed by atoms with van der Waals surface area (Å²) in [7, 11) is -1.75. The van der Waals surface area contributed by atoms with Gasteiger partial charge in [0.15, 0.2) is 0 Å². The van der Waals surface area contributed by atoms with Gasteiger partial charge in [0.2, 0.25) is 0 Å². The molecule has 0 atom stereocenters. The van der Waals surface area contributed by atoms with Crippen molar-refractivity contribution in [2.45, 2.75) is 79.1 Å². The Morgan fingerprint density at radius 2 is 0.950 bits per heavy atom. The summed E-state index contributed by atoms with van der Waals surface area (Å²) in [5.41, 5.74) is 0. The second kappa shape index (κ2) is 14.2. The Bertz CT molecular complexity index is 183. The predicted molar refractivity (Wildman–Crippen MR) is 89.9 cm³/mol. The molecule has 0 aromatic carbocycles. The van der Waals surface area contributed by atoms with Crippen LogP contribution in [0.5, 0.6) is 0 Å². The van der Waals surface area contributed by atoms with Gasteiger partial charge in [0.05, 0.1) is 30.7 Å². The Labute approximate surface area is 128 Å². The molecule has 0 heterocycles. The Hall–Kier alpha value is 0.230. The number of hydrogen-bond donors (Lipinski definition) is 0. The summed E-state index contributed by atoms with van der Waals surface area (Å²) in [5, 5.41) is 0. The zero-order valence-electron chi connectivity index (χ0n) is 14.1. The molecular formula is C16H36O3S. The van der Waals surface area contributed by atoms with E-state index in [4.69, 9.17) is 12.5 Å². The third-order valence-electron chi connectivity index (χ3n) is 3.14. The highest BCUT2D eigenvalue weighted by Gasteiger charge is 2.25. The maximum Gasteiger partial charge on any atom is 0.0887 e. The molecule has 0 rings (SSSR count). The summed E-state index contributed by atoms with van der Waals surface area (Å²) in [4.78, 5) is 0. The van der Waals surface area contributed by atoms with Crippen molar-refractivity contribution in [1.82, 2.24) is 0 Å². The van der Waals surface area contributed by atoms with E-state index >= 15 is 0 Å². The van der Waals surface area contributed by atoms with Gasteiger partial charge in [0, 0.05) is 5.75 Å². The molecule has 0 unspecified atom stereocenters. The van der Waals surface area contributed by atoms with Crippen LogP contribution in [0, 0.1) is 0 Å². The lowest BCUT2D eigenvalue weighted by atomic mass is 10.1. The minimum atomic E-state index is -1.75. The molecule has 0 N–H and O–H groups in total. The third-order valence-corrected chi connectivity index (χ3v) is 5.71. The van der Waals surface area contributed by atoms with Crippen molar-refractivity contribution in [1.29, 1.82) is 0 Å². The maximum absolute atomic E-state index is 5.81. The fourth-order valence-electron chi connectivity index (χ4n) is 2.23. The molecule has 0 spiro atoms. The first kappa shape index (κ1) is 20.2. The molecule has 0 aromatic heterocycles. The second-order valence-corrected chi connectivity index (χ2v) is 7.19. The maximum atomic E-state index is 5.81. The van der Waals surface area contributed by atoms with Gasteiger partial charge in [0.25, 0.3) is 0 Å². The van der Waals surface area contributed by atoms with Crippen LogP contribution in [0.2, 0.25) is 0 Å². The lowest BCUT2D eigenvalue weighted by Crippen LogP contribution is -2.16. The van der Waals surface area contributed by atoms with Crippen LogP contribution >= 0.6 is 10.9 Å². The number of rotatable bonds is 15. The highest BCUT2D eigenvalue weighted by molar-refractivity contribution is 8.21. The van der Waals surface area contributed by atoms with Crippen LogP contribution in [0.25, 0.3) is 0 Å². The van der Waals surface area contributed by atoms with Crippen LogP contribution in [0.15, 0.2) is 0 Å². The van der Waals surface area contributed by atoms with Crippen LogP contribution in [0.3, 0.4) is 0 Å². The van der Waals surface area contributed by atoms with Crippen LogP contribution in [0.1, 0.15) is 79.1 Å². The molecule has 0 radical (unpaired) electrons. The minimum absolute atomic E-state index is 0.659. The van der Waals surface area contributed by atoms with Gasteiger partial charge in [-0.3, -0.25) is 12.5 Å². The van der Waals surface area contributed by atoms with Crippen LogP contribution in [-0.4, -0.2) is 25.6 Å². The molecule has 4 heteroatoms. The van der Waals surface area contributed by atoms with Crippen molar-refractivity contribution >= 4 is 10.9 Å². The molecule has 0 aromatic rings. The molecule has 0 aliphatic rings. The second-order valence-electron chi connectivity index (χ2n) is 4.96. The highest BCUT2D eigenvalue weighted by atomic mass is 32.3. The average molecular weight is 309 g/mol. The van der Waals surface area contributed by atoms with E-state index in [9.17, 15) is 0 Å². The molecule has 124 valence electrons. The van der Waals surface area contributed by atoms with Crippen molar-refractivity contribution in [3.05, 3.63) is 0 Å². The normalized spacial score (nSPS) is 12.8. The topological polar surface area (TPSA) is 27.7 Å². The summed E-state index contributed by atoms with van der Waals surface area (Å²) >= 11 is 0. The molecule has 0 saturated carbocycles. The summed E-state index contributed by atoms with van der Waals surface area (Å²) in [6, 6.07) is 0. The lowest BCUT2D eigenvalue weighted by molar-refractivity contribution is 0.185. The lowest BCUT2D eigenvalue weighted by Gasteiger charge is -2.36. The molecule has 0 fully saturated rings. The molecule has 20 heavy (non-hydrogen) atoms. The monoisotopic (exact) mass is 308 g/mol. The summed E-state index contributed by atoms with van der Waals surface area (Å²) in [6.45, 7) is 10.3. The molecule has 0 aliphatic heterocycles. The molecule has 0 saturated heterocycles. The van der Waals surface area contributed by atoms with Gasteiger partial charge in [-0.15, -0.1) is 0 Å². The van der Waals surface area contributed by atoms with Gasteiger partial charge in [-0.25, -0.2) is 0 Å². The van der Waals surface area contributed by atoms with E-state index in [2.05, 4.69) is 6.92 Å². The number of unbranched alkanes of at least 4 members (excludes halogenated alkanes) is 7. The summed E-state index contributed by atoms with van der Waals surface area (Å²) in [5.74, 6) is 0.914. The first-order valence-corrected chi connectivity index (χ1v) is 10.1. The van der Waals surface area contributed by atoms with Crippen molar-refractivity contribution in [3.8, 4) is 0 Å². The summed E-state index contributed by atoms with van der Waals surface area (Å²) < 4.78 is 17.4. The van der Waals surface area contributed by atoms with E-state index in [-0.39, 0.29) is 0 Å². The zero-order valence-corrected chi connectivity index (χ0v) is 14.9. The fraction of sp³-hybridized carbons (Fsp3) is 1.00. The fourth-order valence-corrected chi connectivity index (χ4v) is 4.42. The molecule has 0 aliphatic carbocycles. The van der Waals surface area contributed by atoms with Gasteiger partial charge < -0.3 is 0 Å².